The van der Waals surface area contributed by atoms with Gasteiger partial charge in [0.15, 0.2) is 5.78 Å². The van der Waals surface area contributed by atoms with Crippen LogP contribution in [-0.4, -0.2) is 49.4 Å². The summed E-state index contributed by atoms with van der Waals surface area (Å²) in [6, 6.07) is 21.7. The number of hydrogen-bond donors (Lipinski definition) is 0. The third kappa shape index (κ3) is 7.44. The minimum atomic E-state index is -0.620. The number of non-ortho nitro benzene ring substituents is 1. The van der Waals surface area contributed by atoms with Crippen molar-refractivity contribution < 1.29 is 9.72 Å². The van der Waals surface area contributed by atoms with Gasteiger partial charge in [-0.05, 0) is 85.7 Å². The van der Waals surface area contributed by atoms with Crippen LogP contribution in [0.25, 0.3) is 27.7 Å². The van der Waals surface area contributed by atoms with Gasteiger partial charge in [-0.3, -0.25) is 28.8 Å². The largest absolute Gasteiger partial charge is 0.332 e. The summed E-state index contributed by atoms with van der Waals surface area (Å²) < 4.78 is 2.22. The summed E-state index contributed by atoms with van der Waals surface area (Å²) >= 11 is 12.4. The summed E-state index contributed by atoms with van der Waals surface area (Å²) in [6.45, 7) is 4.27. The molecule has 2 aromatic heterocycles. The van der Waals surface area contributed by atoms with Crippen LogP contribution in [0.5, 0.6) is 0 Å². The van der Waals surface area contributed by atoms with E-state index in [0.29, 0.717) is 27.7 Å². The van der Waals surface area contributed by atoms with Gasteiger partial charge in [0.1, 0.15) is 5.65 Å². The Morgan fingerprint density at radius 1 is 0.882 bits per heavy atom. The zero-order valence-electron chi connectivity index (χ0n) is 28.6. The normalized spacial score (nSPS) is 13.5. The number of Topliss-reactive ketones (excluding diaryl/α,β-unsaturated/α-hetero) is 1. The lowest BCUT2D eigenvalue weighted by Gasteiger charge is -2.30. The Morgan fingerprint density at radius 2 is 1.49 bits per heavy atom. The molecule has 1 aliphatic rings. The minimum absolute atomic E-state index is 0.0720. The molecule has 0 bridgehead atoms. The number of aromatic nitrogens is 3. The molecular weight excluding hydrogens is 689 g/mol. The number of piperidine rings is 1. The number of unbranched alkanes of at least 4 members (excludes halogenated alkanes) is 1. The molecule has 0 saturated carbocycles. The Hall–Kier alpha value is -4.90. The lowest BCUT2D eigenvalue weighted by atomic mass is 9.88. The summed E-state index contributed by atoms with van der Waals surface area (Å²) in [5.41, 5.74) is 4.77. The van der Waals surface area contributed by atoms with Crippen molar-refractivity contribution in [2.75, 3.05) is 19.6 Å². The van der Waals surface area contributed by atoms with Gasteiger partial charge in [0.2, 0.25) is 0 Å². The van der Waals surface area contributed by atoms with Gasteiger partial charge in [0.05, 0.1) is 16.0 Å². The second kappa shape index (κ2) is 15.1. The molecular formula is C39H37Cl2N5O5. The quantitative estimate of drug-likeness (QED) is 0.0624. The molecule has 3 aromatic carbocycles. The third-order valence-corrected chi connectivity index (χ3v) is 10.1. The fraction of sp³-hybridized carbons (Fsp3) is 0.282. The molecule has 3 heterocycles. The molecule has 51 heavy (non-hydrogen) atoms. The van der Waals surface area contributed by atoms with Gasteiger partial charge >= 0.3 is 5.69 Å². The summed E-state index contributed by atoms with van der Waals surface area (Å²) in [5, 5.41) is 13.1. The molecule has 1 aliphatic heterocycles. The zero-order chi connectivity index (χ0) is 36.4. The van der Waals surface area contributed by atoms with Gasteiger partial charge in [-0.25, -0.2) is 9.78 Å². The van der Waals surface area contributed by atoms with E-state index in [9.17, 15) is 24.5 Å². The van der Waals surface area contributed by atoms with E-state index in [4.69, 9.17) is 23.2 Å². The van der Waals surface area contributed by atoms with Crippen molar-refractivity contribution in [2.24, 2.45) is 14.1 Å². The SMILES string of the molecule is Cc1nc2c(c(-c3cccc([N+](=O)[O-])c3)c1C(=O)CCCCN1CCC(=C(c3ccc(Cl)cc3)c3ccc(Cl)cc3)CC1)c(=O)n(C)c(=O)n2C. The number of ketones is 1. The molecule has 12 heteroatoms. The Balaban J connectivity index is 1.20. The lowest BCUT2D eigenvalue weighted by molar-refractivity contribution is -0.384. The molecule has 1 saturated heterocycles. The Kier molecular flexibility index (Phi) is 10.7. The molecule has 6 rings (SSSR count). The van der Waals surface area contributed by atoms with Crippen LogP contribution in [0.1, 0.15) is 59.3 Å². The van der Waals surface area contributed by atoms with Crippen LogP contribution in [-0.2, 0) is 14.1 Å². The number of benzene rings is 3. The van der Waals surface area contributed by atoms with Gasteiger partial charge in [-0.1, -0.05) is 65.2 Å². The number of hydrogen-bond acceptors (Lipinski definition) is 7. The second-order valence-corrected chi connectivity index (χ2v) is 13.7. The van der Waals surface area contributed by atoms with Gasteiger partial charge in [-0.2, -0.15) is 0 Å². The maximum absolute atomic E-state index is 14.0. The number of nitrogens with zero attached hydrogens (tertiary/aromatic N) is 5. The maximum atomic E-state index is 14.0. The first-order valence-electron chi connectivity index (χ1n) is 16.8. The van der Waals surface area contributed by atoms with Crippen molar-refractivity contribution >= 4 is 51.3 Å². The van der Waals surface area contributed by atoms with E-state index >= 15 is 0 Å². The van der Waals surface area contributed by atoms with Crippen molar-refractivity contribution in [3.05, 3.63) is 142 Å². The number of likely N-dealkylation sites (tertiary alicyclic amines) is 1. The number of nitro benzene ring substituents is 1. The first-order valence-corrected chi connectivity index (χ1v) is 17.5. The summed E-state index contributed by atoms with van der Waals surface area (Å²) in [5.74, 6) is -0.209. The van der Waals surface area contributed by atoms with Gasteiger partial charge < -0.3 is 4.90 Å². The number of nitro groups is 1. The number of pyridine rings is 1. The third-order valence-electron chi connectivity index (χ3n) is 9.60. The smallest absolute Gasteiger partial charge is 0.303 e. The highest BCUT2D eigenvalue weighted by Crippen LogP contribution is 2.35. The van der Waals surface area contributed by atoms with Crippen LogP contribution in [0.4, 0.5) is 5.69 Å². The number of carbonyl (C=O) groups is 1. The Bertz CT molecular complexity index is 2250. The van der Waals surface area contributed by atoms with Gasteiger partial charge in [0, 0.05) is 66.9 Å². The number of aryl methyl sites for hydroxylation is 2. The van der Waals surface area contributed by atoms with Gasteiger partial charge in [0.25, 0.3) is 11.2 Å². The molecule has 0 spiro atoms. The van der Waals surface area contributed by atoms with E-state index in [2.05, 4.69) is 34.1 Å². The molecule has 0 atom stereocenters. The minimum Gasteiger partial charge on any atom is -0.303 e. The molecule has 0 aliphatic carbocycles. The van der Waals surface area contributed by atoms with Crippen LogP contribution in [0.15, 0.2) is 88.0 Å². The second-order valence-electron chi connectivity index (χ2n) is 12.9. The molecule has 0 N–H and O–H groups in total. The fourth-order valence-corrected chi connectivity index (χ4v) is 7.21. The Morgan fingerprint density at radius 3 is 2.08 bits per heavy atom. The van der Waals surface area contributed by atoms with Crippen LogP contribution < -0.4 is 11.2 Å². The van der Waals surface area contributed by atoms with Crippen molar-refractivity contribution in [1.29, 1.82) is 0 Å². The van der Waals surface area contributed by atoms with Crippen LogP contribution in [0.2, 0.25) is 10.0 Å². The van der Waals surface area contributed by atoms with E-state index in [1.165, 1.54) is 48.0 Å². The average molecular weight is 727 g/mol. The van der Waals surface area contributed by atoms with Crippen LogP contribution in [0.3, 0.4) is 0 Å². The maximum Gasteiger partial charge on any atom is 0.332 e. The fourth-order valence-electron chi connectivity index (χ4n) is 6.96. The number of fused-ring (bicyclic) bond motifs is 1. The molecule has 0 radical (unpaired) electrons. The topological polar surface area (TPSA) is 120 Å². The van der Waals surface area contributed by atoms with Crippen molar-refractivity contribution in [1.82, 2.24) is 19.0 Å². The number of carbonyl (C=O) groups excluding carboxylic acids is 1. The highest BCUT2D eigenvalue weighted by molar-refractivity contribution is 6.31. The summed E-state index contributed by atoms with van der Waals surface area (Å²) in [4.78, 5) is 58.3. The van der Waals surface area contributed by atoms with Gasteiger partial charge in [-0.15, -0.1) is 0 Å². The van der Waals surface area contributed by atoms with E-state index in [-0.39, 0.29) is 40.1 Å². The molecule has 10 nitrogen and oxygen atoms in total. The van der Waals surface area contributed by atoms with E-state index in [1.807, 2.05) is 24.3 Å². The Labute approximate surface area is 304 Å². The molecule has 1 fully saturated rings. The monoisotopic (exact) mass is 725 g/mol. The van der Waals surface area contributed by atoms with Crippen LogP contribution in [0, 0.1) is 17.0 Å². The standard InChI is InChI=1S/C39H37Cl2N5O5/c1-24-33(35(28-7-6-8-31(23-28)46(50)51)36-37(42-24)43(2)39(49)44(3)38(36)48)32(47)9-4-5-20-45-21-18-27(19-22-45)34(25-10-14-29(40)15-11-25)26-12-16-30(41)17-13-26/h6-8,10-17,23H,4-5,9,18-22H2,1-3H3. The predicted octanol–water partition coefficient (Wildman–Crippen LogP) is 7.77. The van der Waals surface area contributed by atoms with E-state index in [1.54, 1.807) is 13.0 Å². The first kappa shape index (κ1) is 35.9. The van der Waals surface area contributed by atoms with Crippen molar-refractivity contribution in [3.63, 3.8) is 0 Å². The van der Waals surface area contributed by atoms with E-state index < -0.39 is 16.2 Å². The molecule has 0 amide bonds. The average Bonchev–Trinajstić information content (AvgIpc) is 3.13. The molecule has 5 aromatic rings. The molecule has 262 valence electrons. The van der Waals surface area contributed by atoms with Crippen LogP contribution >= 0.6 is 23.2 Å². The van der Waals surface area contributed by atoms with Crippen molar-refractivity contribution in [2.45, 2.75) is 39.0 Å². The lowest BCUT2D eigenvalue weighted by Crippen LogP contribution is -2.38. The van der Waals surface area contributed by atoms with Crippen molar-refractivity contribution in [3.8, 4) is 11.1 Å². The highest BCUT2D eigenvalue weighted by atomic mass is 35.5. The first-order chi connectivity index (χ1) is 24.4. The number of rotatable bonds is 10. The molecule has 0 unspecified atom stereocenters. The highest BCUT2D eigenvalue weighted by Gasteiger charge is 2.26. The number of halogens is 2. The van der Waals surface area contributed by atoms with E-state index in [0.717, 1.165) is 54.6 Å². The summed E-state index contributed by atoms with van der Waals surface area (Å²) in [6.07, 6.45) is 3.42. The zero-order valence-corrected chi connectivity index (χ0v) is 30.1. The predicted molar refractivity (Wildman–Crippen MR) is 202 cm³/mol. The summed E-state index contributed by atoms with van der Waals surface area (Å²) in [7, 11) is 2.86.